The molecule has 2 N–H and O–H groups in total. The van der Waals surface area contributed by atoms with Crippen molar-refractivity contribution in [2.75, 3.05) is 13.7 Å². The first-order valence-corrected chi connectivity index (χ1v) is 4.66. The second-order valence-corrected chi connectivity index (χ2v) is 2.69. The normalized spacial score (nSPS) is 23.5. The molecule has 1 aliphatic heterocycles. The highest BCUT2D eigenvalue weighted by Gasteiger charge is 2.45. The third-order valence-electron chi connectivity index (χ3n) is 1.95. The van der Waals surface area contributed by atoms with E-state index >= 15 is 0 Å². The van der Waals surface area contributed by atoms with Crippen LogP contribution in [0.1, 0.15) is 13.8 Å². The summed E-state index contributed by atoms with van der Waals surface area (Å²) in [6, 6.07) is 0. The van der Waals surface area contributed by atoms with Crippen molar-refractivity contribution in [2.24, 2.45) is 11.8 Å². The standard InChI is InChI=1S/C7H9NO5.C2H6/c1-13-7(12)3-2-8-5(9)4(3)6(10)11;1-2/h3-4H,2H2,1H3,(H,8,9)(H,10,11);1-2H3. The fourth-order valence-electron chi connectivity index (χ4n) is 1.28. The molecule has 0 aromatic carbocycles. The quantitative estimate of drug-likeness (QED) is 0.486. The number of hydrogen-bond acceptors (Lipinski definition) is 4. The first-order valence-electron chi connectivity index (χ1n) is 4.66. The van der Waals surface area contributed by atoms with Crippen molar-refractivity contribution < 1.29 is 24.2 Å². The number of esters is 1. The van der Waals surface area contributed by atoms with Crippen LogP contribution in [-0.2, 0) is 19.1 Å². The number of hydrogen-bond donors (Lipinski definition) is 2. The van der Waals surface area contributed by atoms with Gasteiger partial charge in [-0.25, -0.2) is 0 Å². The molecule has 1 saturated heterocycles. The smallest absolute Gasteiger partial charge is 0.317 e. The van der Waals surface area contributed by atoms with Gasteiger partial charge in [-0.3, -0.25) is 14.4 Å². The van der Waals surface area contributed by atoms with E-state index in [0.717, 1.165) is 7.11 Å². The Morgan fingerprint density at radius 1 is 1.47 bits per heavy atom. The van der Waals surface area contributed by atoms with Crippen molar-refractivity contribution >= 4 is 17.8 Å². The van der Waals surface area contributed by atoms with Gasteiger partial charge in [-0.2, -0.15) is 0 Å². The van der Waals surface area contributed by atoms with Crippen LogP contribution in [0.25, 0.3) is 0 Å². The summed E-state index contributed by atoms with van der Waals surface area (Å²) in [4.78, 5) is 32.5. The number of carbonyl (C=O) groups excluding carboxylic acids is 2. The summed E-state index contributed by atoms with van der Waals surface area (Å²) in [7, 11) is 1.16. The highest BCUT2D eigenvalue weighted by atomic mass is 16.5. The van der Waals surface area contributed by atoms with E-state index in [1.807, 2.05) is 13.8 Å². The van der Waals surface area contributed by atoms with Gasteiger partial charge in [0.05, 0.1) is 13.0 Å². The van der Waals surface area contributed by atoms with Crippen LogP contribution in [0.3, 0.4) is 0 Å². The zero-order chi connectivity index (χ0) is 12.0. The summed E-state index contributed by atoms with van der Waals surface area (Å²) >= 11 is 0. The maximum Gasteiger partial charge on any atom is 0.317 e. The van der Waals surface area contributed by atoms with Gasteiger partial charge < -0.3 is 15.2 Å². The molecule has 0 bridgehead atoms. The molecule has 1 rings (SSSR count). The molecule has 86 valence electrons. The Hall–Kier alpha value is -1.59. The molecule has 0 aliphatic carbocycles. The number of aliphatic carboxylic acids is 1. The highest BCUT2D eigenvalue weighted by molar-refractivity contribution is 6.03. The lowest BCUT2D eigenvalue weighted by molar-refractivity contribution is -0.156. The average Bonchev–Trinajstić information content (AvgIpc) is 2.62. The molecule has 1 aliphatic rings. The first kappa shape index (κ1) is 13.4. The molecule has 1 amide bonds. The largest absolute Gasteiger partial charge is 0.481 e. The lowest BCUT2D eigenvalue weighted by Crippen LogP contribution is -2.31. The minimum Gasteiger partial charge on any atom is -0.481 e. The molecule has 2 unspecified atom stereocenters. The van der Waals surface area contributed by atoms with E-state index in [9.17, 15) is 14.4 Å². The summed E-state index contributed by atoms with van der Waals surface area (Å²) in [6.45, 7) is 4.03. The van der Waals surface area contributed by atoms with Crippen molar-refractivity contribution in [1.82, 2.24) is 5.32 Å². The fourth-order valence-corrected chi connectivity index (χ4v) is 1.28. The summed E-state index contributed by atoms with van der Waals surface area (Å²) in [5.41, 5.74) is 0. The first-order chi connectivity index (χ1) is 7.07. The predicted molar refractivity (Wildman–Crippen MR) is 51.0 cm³/mol. The van der Waals surface area contributed by atoms with Crippen molar-refractivity contribution in [3.8, 4) is 0 Å². The Morgan fingerprint density at radius 2 is 2.00 bits per heavy atom. The van der Waals surface area contributed by atoms with Gasteiger partial charge >= 0.3 is 11.9 Å². The van der Waals surface area contributed by atoms with Crippen molar-refractivity contribution in [3.05, 3.63) is 0 Å². The molecule has 0 aromatic rings. The molecule has 1 heterocycles. The van der Waals surface area contributed by atoms with Crippen molar-refractivity contribution in [2.45, 2.75) is 13.8 Å². The predicted octanol–water partition coefficient (Wildman–Crippen LogP) is -0.368. The molecule has 6 heteroatoms. The topological polar surface area (TPSA) is 92.7 Å². The number of nitrogens with one attached hydrogen (secondary N) is 1. The second-order valence-electron chi connectivity index (χ2n) is 2.69. The molecule has 0 saturated carbocycles. The van der Waals surface area contributed by atoms with Gasteiger partial charge in [0, 0.05) is 6.54 Å². The number of methoxy groups -OCH3 is 1. The van der Waals surface area contributed by atoms with Crippen LogP contribution < -0.4 is 5.32 Å². The Labute approximate surface area is 87.6 Å². The molecular weight excluding hydrogens is 202 g/mol. The lowest BCUT2D eigenvalue weighted by Gasteiger charge is -2.09. The molecule has 6 nitrogen and oxygen atoms in total. The maximum atomic E-state index is 11.0. The van der Waals surface area contributed by atoms with Crippen LogP contribution in [0.15, 0.2) is 0 Å². The Balaban J connectivity index is 0.000000921. The van der Waals surface area contributed by atoms with Crippen molar-refractivity contribution in [3.63, 3.8) is 0 Å². The van der Waals surface area contributed by atoms with Gasteiger partial charge in [0.25, 0.3) is 0 Å². The fraction of sp³-hybridized carbons (Fsp3) is 0.667. The minimum absolute atomic E-state index is 0.0302. The number of carboxylic acid groups (broad SMARTS) is 1. The van der Waals surface area contributed by atoms with Gasteiger partial charge in [0.15, 0.2) is 5.92 Å². The zero-order valence-corrected chi connectivity index (χ0v) is 8.94. The van der Waals surface area contributed by atoms with Crippen LogP contribution in [0, 0.1) is 11.8 Å². The lowest BCUT2D eigenvalue weighted by atomic mass is 9.96. The molecule has 0 spiro atoms. The third-order valence-corrected chi connectivity index (χ3v) is 1.95. The molecule has 0 aromatic heterocycles. The number of carboxylic acids is 1. The maximum absolute atomic E-state index is 11.0. The Bertz CT molecular complexity index is 263. The number of rotatable bonds is 2. The Kier molecular flexibility index (Phi) is 5.36. The van der Waals surface area contributed by atoms with E-state index in [-0.39, 0.29) is 6.54 Å². The Morgan fingerprint density at radius 3 is 2.40 bits per heavy atom. The molecule has 0 radical (unpaired) electrons. The van der Waals surface area contributed by atoms with E-state index < -0.39 is 29.7 Å². The summed E-state index contributed by atoms with van der Waals surface area (Å²) < 4.78 is 4.37. The van der Waals surface area contributed by atoms with Crippen LogP contribution in [-0.4, -0.2) is 36.6 Å². The van der Waals surface area contributed by atoms with Gasteiger partial charge in [0.1, 0.15) is 0 Å². The zero-order valence-electron chi connectivity index (χ0n) is 8.94. The average molecular weight is 217 g/mol. The van der Waals surface area contributed by atoms with E-state index in [1.165, 1.54) is 0 Å². The second kappa shape index (κ2) is 6.00. The molecule has 1 fully saturated rings. The number of carbonyl (C=O) groups is 3. The summed E-state index contributed by atoms with van der Waals surface area (Å²) in [5, 5.41) is 10.9. The molecule has 15 heavy (non-hydrogen) atoms. The molecule has 2 atom stereocenters. The van der Waals surface area contributed by atoms with Gasteiger partial charge in [0.2, 0.25) is 5.91 Å². The van der Waals surface area contributed by atoms with Crippen LogP contribution in [0.5, 0.6) is 0 Å². The monoisotopic (exact) mass is 217 g/mol. The minimum atomic E-state index is -1.31. The van der Waals surface area contributed by atoms with Crippen LogP contribution in [0.2, 0.25) is 0 Å². The number of amides is 1. The van der Waals surface area contributed by atoms with Crippen LogP contribution in [0.4, 0.5) is 0 Å². The van der Waals surface area contributed by atoms with Crippen molar-refractivity contribution in [1.29, 1.82) is 0 Å². The molecular formula is C9H15NO5. The highest BCUT2D eigenvalue weighted by Crippen LogP contribution is 2.19. The third kappa shape index (κ3) is 2.93. The van der Waals surface area contributed by atoms with E-state index in [2.05, 4.69) is 10.1 Å². The van der Waals surface area contributed by atoms with Gasteiger partial charge in [-0.15, -0.1) is 0 Å². The summed E-state index contributed by atoms with van der Waals surface area (Å²) in [6.07, 6.45) is 0. The van der Waals surface area contributed by atoms with E-state index in [1.54, 1.807) is 0 Å². The van der Waals surface area contributed by atoms with E-state index in [0.29, 0.717) is 0 Å². The van der Waals surface area contributed by atoms with E-state index in [4.69, 9.17) is 5.11 Å². The van der Waals surface area contributed by atoms with Crippen LogP contribution >= 0.6 is 0 Å². The number of ether oxygens (including phenoxy) is 1. The van der Waals surface area contributed by atoms with Gasteiger partial charge in [-0.05, 0) is 0 Å². The SMILES string of the molecule is CC.COC(=O)C1CNC(=O)C1C(=O)O. The summed E-state index contributed by atoms with van der Waals surface area (Å²) in [5.74, 6) is -4.83. The van der Waals surface area contributed by atoms with Gasteiger partial charge in [-0.1, -0.05) is 13.8 Å².